The number of nitrogen functional groups attached to an aromatic ring is 1. The number of aromatic nitrogens is 3. The van der Waals surface area contributed by atoms with Crippen LogP contribution in [-0.2, 0) is 6.54 Å². The summed E-state index contributed by atoms with van der Waals surface area (Å²) in [6, 6.07) is 3.71. The SMILES string of the molecule is Nc1cc(Cn2cc(Cl)cn2)ccn1. The monoisotopic (exact) mass is 208 g/mol. The van der Waals surface area contributed by atoms with Crippen LogP contribution >= 0.6 is 11.6 Å². The smallest absolute Gasteiger partial charge is 0.123 e. The Morgan fingerprint density at radius 3 is 3.00 bits per heavy atom. The number of nitrogens with two attached hydrogens (primary N) is 1. The van der Waals surface area contributed by atoms with Crippen molar-refractivity contribution in [3.05, 3.63) is 41.3 Å². The molecule has 2 aromatic heterocycles. The summed E-state index contributed by atoms with van der Waals surface area (Å²) in [6.07, 6.45) is 5.04. The van der Waals surface area contributed by atoms with E-state index in [0.717, 1.165) is 5.56 Å². The average molecular weight is 209 g/mol. The van der Waals surface area contributed by atoms with Gasteiger partial charge in [0, 0.05) is 12.4 Å². The predicted octanol–water partition coefficient (Wildman–Crippen LogP) is 1.56. The minimum atomic E-state index is 0.515. The van der Waals surface area contributed by atoms with E-state index in [9.17, 15) is 0 Å². The molecule has 0 saturated heterocycles. The topological polar surface area (TPSA) is 56.7 Å². The van der Waals surface area contributed by atoms with Gasteiger partial charge in [0.1, 0.15) is 5.82 Å². The van der Waals surface area contributed by atoms with E-state index in [4.69, 9.17) is 17.3 Å². The molecule has 2 aromatic rings. The van der Waals surface area contributed by atoms with Crippen LogP contribution in [-0.4, -0.2) is 14.8 Å². The highest BCUT2D eigenvalue weighted by Gasteiger charge is 1.98. The van der Waals surface area contributed by atoms with Crippen molar-refractivity contribution in [2.24, 2.45) is 0 Å². The van der Waals surface area contributed by atoms with Crippen LogP contribution in [0.15, 0.2) is 30.7 Å². The van der Waals surface area contributed by atoms with Crippen LogP contribution in [0.5, 0.6) is 0 Å². The van der Waals surface area contributed by atoms with Gasteiger partial charge in [0.2, 0.25) is 0 Å². The van der Waals surface area contributed by atoms with Crippen molar-refractivity contribution in [2.45, 2.75) is 6.54 Å². The quantitative estimate of drug-likeness (QED) is 0.815. The lowest BCUT2D eigenvalue weighted by Crippen LogP contribution is -2.01. The van der Waals surface area contributed by atoms with Gasteiger partial charge in [0.05, 0.1) is 17.8 Å². The highest BCUT2D eigenvalue weighted by Crippen LogP contribution is 2.08. The molecule has 0 aliphatic rings. The van der Waals surface area contributed by atoms with Crippen molar-refractivity contribution >= 4 is 17.4 Å². The molecule has 0 fully saturated rings. The molecule has 2 rings (SSSR count). The standard InChI is InChI=1S/C9H9ClN4/c10-8-4-13-14(6-8)5-7-1-2-12-9(11)3-7/h1-4,6H,5H2,(H2,11,12). The summed E-state index contributed by atoms with van der Waals surface area (Å²) in [5.41, 5.74) is 6.60. The Morgan fingerprint density at radius 2 is 2.36 bits per heavy atom. The normalized spacial score (nSPS) is 10.4. The van der Waals surface area contributed by atoms with Crippen molar-refractivity contribution in [3.63, 3.8) is 0 Å². The lowest BCUT2D eigenvalue weighted by atomic mass is 10.2. The van der Waals surface area contributed by atoms with Crippen molar-refractivity contribution in [1.29, 1.82) is 0 Å². The first-order chi connectivity index (χ1) is 6.74. The second-order valence-electron chi connectivity index (χ2n) is 2.95. The zero-order valence-corrected chi connectivity index (χ0v) is 8.15. The van der Waals surface area contributed by atoms with Gasteiger partial charge in [0.15, 0.2) is 0 Å². The molecule has 0 aliphatic heterocycles. The second kappa shape index (κ2) is 3.67. The summed E-state index contributed by atoms with van der Waals surface area (Å²) >= 11 is 5.74. The van der Waals surface area contributed by atoms with E-state index in [-0.39, 0.29) is 0 Å². The number of nitrogens with zero attached hydrogens (tertiary/aromatic N) is 3. The lowest BCUT2D eigenvalue weighted by molar-refractivity contribution is 0.686. The zero-order chi connectivity index (χ0) is 9.97. The Kier molecular flexibility index (Phi) is 2.37. The van der Waals surface area contributed by atoms with Crippen LogP contribution in [0.3, 0.4) is 0 Å². The highest BCUT2D eigenvalue weighted by molar-refractivity contribution is 6.30. The van der Waals surface area contributed by atoms with Crippen molar-refractivity contribution < 1.29 is 0 Å². The molecule has 0 saturated carbocycles. The van der Waals surface area contributed by atoms with Crippen LogP contribution in [0.1, 0.15) is 5.56 Å². The molecule has 14 heavy (non-hydrogen) atoms. The molecule has 0 aliphatic carbocycles. The third-order valence-corrected chi connectivity index (χ3v) is 1.99. The number of hydrogen-bond donors (Lipinski definition) is 1. The van der Waals surface area contributed by atoms with Gasteiger partial charge >= 0.3 is 0 Å². The predicted molar refractivity (Wildman–Crippen MR) is 55.0 cm³/mol. The van der Waals surface area contributed by atoms with Gasteiger partial charge in [-0.3, -0.25) is 4.68 Å². The summed E-state index contributed by atoms with van der Waals surface area (Å²) in [5, 5.41) is 4.70. The number of pyridine rings is 1. The summed E-state index contributed by atoms with van der Waals surface area (Å²) in [5.74, 6) is 0.515. The lowest BCUT2D eigenvalue weighted by Gasteiger charge is -2.01. The Hall–Kier alpha value is -1.55. The first kappa shape index (κ1) is 9.02. The average Bonchev–Trinajstić information content (AvgIpc) is 2.51. The molecule has 2 N–H and O–H groups in total. The van der Waals surface area contributed by atoms with E-state index in [1.807, 2.05) is 12.1 Å². The van der Waals surface area contributed by atoms with Gasteiger partial charge in [-0.05, 0) is 17.7 Å². The zero-order valence-electron chi connectivity index (χ0n) is 7.39. The van der Waals surface area contributed by atoms with E-state index in [2.05, 4.69) is 10.1 Å². The van der Waals surface area contributed by atoms with E-state index in [1.165, 1.54) is 0 Å². The summed E-state index contributed by atoms with van der Waals surface area (Å²) in [6.45, 7) is 0.652. The van der Waals surface area contributed by atoms with E-state index in [0.29, 0.717) is 17.4 Å². The molecule has 72 valence electrons. The first-order valence-electron chi connectivity index (χ1n) is 4.12. The van der Waals surface area contributed by atoms with Crippen LogP contribution < -0.4 is 5.73 Å². The van der Waals surface area contributed by atoms with Gasteiger partial charge in [-0.15, -0.1) is 0 Å². The summed E-state index contributed by atoms with van der Waals surface area (Å²) in [7, 11) is 0. The molecule has 2 heterocycles. The largest absolute Gasteiger partial charge is 0.384 e. The van der Waals surface area contributed by atoms with Gasteiger partial charge in [-0.1, -0.05) is 11.6 Å². The fourth-order valence-corrected chi connectivity index (χ4v) is 1.36. The van der Waals surface area contributed by atoms with Gasteiger partial charge in [0.25, 0.3) is 0 Å². The molecule has 4 nitrogen and oxygen atoms in total. The summed E-state index contributed by atoms with van der Waals surface area (Å²) < 4.78 is 1.75. The number of hydrogen-bond acceptors (Lipinski definition) is 3. The molecule has 0 aromatic carbocycles. The van der Waals surface area contributed by atoms with Crippen molar-refractivity contribution in [1.82, 2.24) is 14.8 Å². The number of halogens is 1. The third-order valence-electron chi connectivity index (χ3n) is 1.79. The molecule has 0 radical (unpaired) electrons. The van der Waals surface area contributed by atoms with Gasteiger partial charge < -0.3 is 5.73 Å². The summed E-state index contributed by atoms with van der Waals surface area (Å²) in [4.78, 5) is 3.91. The Morgan fingerprint density at radius 1 is 1.50 bits per heavy atom. The molecule has 0 spiro atoms. The maximum atomic E-state index is 5.74. The fraction of sp³-hybridized carbons (Fsp3) is 0.111. The second-order valence-corrected chi connectivity index (χ2v) is 3.38. The van der Waals surface area contributed by atoms with Crippen LogP contribution in [0, 0.1) is 0 Å². The first-order valence-corrected chi connectivity index (χ1v) is 4.50. The Balaban J connectivity index is 2.18. The molecular formula is C9H9ClN4. The minimum absolute atomic E-state index is 0.515. The van der Waals surface area contributed by atoms with E-state index in [1.54, 1.807) is 23.3 Å². The maximum absolute atomic E-state index is 5.74. The van der Waals surface area contributed by atoms with Crippen molar-refractivity contribution in [3.8, 4) is 0 Å². The molecule has 0 amide bonds. The Labute approximate surface area is 86.3 Å². The molecular weight excluding hydrogens is 200 g/mol. The third kappa shape index (κ3) is 2.03. The van der Waals surface area contributed by atoms with Crippen LogP contribution in [0.2, 0.25) is 5.02 Å². The highest BCUT2D eigenvalue weighted by atomic mass is 35.5. The van der Waals surface area contributed by atoms with Gasteiger partial charge in [-0.2, -0.15) is 5.10 Å². The number of rotatable bonds is 2. The molecule has 0 bridgehead atoms. The molecule has 0 atom stereocenters. The maximum Gasteiger partial charge on any atom is 0.123 e. The van der Waals surface area contributed by atoms with E-state index < -0.39 is 0 Å². The van der Waals surface area contributed by atoms with Gasteiger partial charge in [-0.25, -0.2) is 4.98 Å². The van der Waals surface area contributed by atoms with Crippen LogP contribution in [0.4, 0.5) is 5.82 Å². The fourth-order valence-electron chi connectivity index (χ4n) is 1.20. The van der Waals surface area contributed by atoms with Crippen molar-refractivity contribution in [2.75, 3.05) is 5.73 Å². The number of anilines is 1. The van der Waals surface area contributed by atoms with E-state index >= 15 is 0 Å². The minimum Gasteiger partial charge on any atom is -0.384 e. The van der Waals surface area contributed by atoms with Crippen LogP contribution in [0.25, 0.3) is 0 Å². The molecule has 5 heteroatoms. The molecule has 0 unspecified atom stereocenters. The Bertz CT molecular complexity index is 438.